The third kappa shape index (κ3) is 5.26. The van der Waals surface area contributed by atoms with Crippen molar-refractivity contribution >= 4 is 47.4 Å². The van der Waals surface area contributed by atoms with Gasteiger partial charge in [-0.2, -0.15) is 4.48 Å². The summed E-state index contributed by atoms with van der Waals surface area (Å²) >= 11 is 0. The first kappa shape index (κ1) is 26.1. The van der Waals surface area contributed by atoms with Crippen LogP contribution < -0.4 is 0 Å². The van der Waals surface area contributed by atoms with Gasteiger partial charge in [0.25, 0.3) is 23.6 Å². The Balaban J connectivity index is 1.57. The van der Waals surface area contributed by atoms with Gasteiger partial charge in [0.1, 0.15) is 0 Å². The number of aliphatic hydroxyl groups excluding tert-OH is 2. The van der Waals surface area contributed by atoms with Crippen molar-refractivity contribution < 1.29 is 62.7 Å². The van der Waals surface area contributed by atoms with Crippen LogP contribution in [0.25, 0.3) is 0 Å². The fourth-order valence-corrected chi connectivity index (χ4v) is 4.03. The number of imide groups is 3. The van der Waals surface area contributed by atoms with E-state index in [9.17, 15) is 48.6 Å². The number of hydrogen-bond donors (Lipinski definition) is 2. The van der Waals surface area contributed by atoms with Gasteiger partial charge in [-0.05, 0) is 0 Å². The van der Waals surface area contributed by atoms with Crippen molar-refractivity contribution in [2.75, 3.05) is 13.1 Å². The molecule has 3 fully saturated rings. The van der Waals surface area contributed by atoms with Gasteiger partial charge in [-0.3, -0.25) is 19.2 Å². The van der Waals surface area contributed by atoms with Crippen LogP contribution in [0.5, 0.6) is 0 Å². The molecule has 0 aromatic carbocycles. The van der Waals surface area contributed by atoms with E-state index in [-0.39, 0.29) is 51.6 Å². The molecule has 190 valence electrons. The monoisotopic (exact) mass is 498 g/mol. The maximum atomic E-state index is 12.6. The largest absolute Gasteiger partial charge is 0.377 e. The van der Waals surface area contributed by atoms with Crippen LogP contribution in [-0.2, 0) is 48.0 Å². The van der Waals surface area contributed by atoms with Crippen LogP contribution in [0, 0.1) is 0 Å². The molecule has 0 radical (unpaired) electrons. The number of hydroxylamine groups is 4. The summed E-state index contributed by atoms with van der Waals surface area (Å²) in [7, 11) is 0. The van der Waals surface area contributed by atoms with E-state index in [0.717, 1.165) is 0 Å². The third-order valence-electron chi connectivity index (χ3n) is 5.89. The highest BCUT2D eigenvalue weighted by Crippen LogP contribution is 2.26. The van der Waals surface area contributed by atoms with Crippen molar-refractivity contribution in [1.29, 1.82) is 0 Å². The molecular weight excluding hydrogens is 474 g/mol. The molecule has 35 heavy (non-hydrogen) atoms. The molecule has 2 unspecified atom stereocenters. The van der Waals surface area contributed by atoms with Gasteiger partial charge >= 0.3 is 23.8 Å². The van der Waals surface area contributed by atoms with E-state index in [0.29, 0.717) is 10.1 Å². The second-order valence-corrected chi connectivity index (χ2v) is 8.28. The predicted molar refractivity (Wildman–Crippen MR) is 105 cm³/mol. The van der Waals surface area contributed by atoms with Crippen LogP contribution in [0.3, 0.4) is 0 Å². The molecule has 2 atom stereocenters. The van der Waals surface area contributed by atoms with E-state index in [2.05, 4.69) is 0 Å². The number of aliphatic hydroxyl groups is 2. The number of likely N-dealkylation sites (tertiary alicyclic amines) is 1. The minimum atomic E-state index is -2.00. The summed E-state index contributed by atoms with van der Waals surface area (Å²) in [6.07, 6.45) is -5.47. The molecule has 3 aliphatic heterocycles. The SMILES string of the molecule is O=C(CCC[N+]1(CCCC(=O)ON2C(=O)CCC2=O)C(=O)C(O)C(O)C1=O)ON1C(=O)CCC1=O. The summed E-state index contributed by atoms with van der Waals surface area (Å²) < 4.78 is -1.06. The molecule has 0 aromatic rings. The molecule has 6 amide bonds. The van der Waals surface area contributed by atoms with E-state index in [1.165, 1.54) is 0 Å². The number of carbonyl (C=O) groups excluding carboxylic acids is 8. The molecule has 0 aromatic heterocycles. The standard InChI is InChI=1S/C20H24N3O12/c24-11-5-6-12(25)21(11)34-15(28)3-1-9-23(19(32)17(30)18(31)20(23)33)10-2-4-16(29)35-22-13(26)7-8-14(22)27/h17-18,30-31H,1-10H2/q+1. The first-order chi connectivity index (χ1) is 16.5. The number of nitrogens with zero attached hydrogens (tertiary/aromatic N) is 3. The van der Waals surface area contributed by atoms with Crippen LogP contribution in [0.15, 0.2) is 0 Å². The molecule has 3 aliphatic rings. The lowest BCUT2D eigenvalue weighted by Gasteiger charge is -2.28. The number of quaternary nitrogens is 1. The van der Waals surface area contributed by atoms with Gasteiger partial charge in [0.05, 0.1) is 25.9 Å². The minimum Gasteiger partial charge on any atom is -0.377 e. The summed E-state index contributed by atoms with van der Waals surface area (Å²) in [5.74, 6) is -6.68. The Bertz CT molecular complexity index is 882. The van der Waals surface area contributed by atoms with Crippen molar-refractivity contribution in [1.82, 2.24) is 10.1 Å². The van der Waals surface area contributed by atoms with Crippen LogP contribution >= 0.6 is 0 Å². The lowest BCUT2D eigenvalue weighted by atomic mass is 10.2. The van der Waals surface area contributed by atoms with Gasteiger partial charge in [0.2, 0.25) is 12.2 Å². The molecule has 0 aliphatic carbocycles. The molecular formula is C20H24N3O12+. The zero-order valence-corrected chi connectivity index (χ0v) is 18.5. The van der Waals surface area contributed by atoms with Crippen molar-refractivity contribution in [3.05, 3.63) is 0 Å². The fraction of sp³-hybridized carbons (Fsp3) is 0.600. The second kappa shape index (κ2) is 10.4. The lowest BCUT2D eigenvalue weighted by Crippen LogP contribution is -2.55. The average Bonchev–Trinajstić information content (AvgIpc) is 3.35. The van der Waals surface area contributed by atoms with Crippen LogP contribution in [-0.4, -0.2) is 97.5 Å². The molecule has 0 saturated carbocycles. The van der Waals surface area contributed by atoms with E-state index in [4.69, 9.17) is 9.68 Å². The molecule has 0 bridgehead atoms. The first-order valence-electron chi connectivity index (χ1n) is 10.9. The Kier molecular flexibility index (Phi) is 7.72. The van der Waals surface area contributed by atoms with Crippen molar-refractivity contribution in [2.24, 2.45) is 0 Å². The number of rotatable bonds is 10. The average molecular weight is 498 g/mol. The summed E-state index contributed by atoms with van der Waals surface area (Å²) in [5, 5.41) is 20.5. The van der Waals surface area contributed by atoms with Crippen molar-refractivity contribution in [3.63, 3.8) is 0 Å². The number of carbonyl (C=O) groups is 8. The van der Waals surface area contributed by atoms with Crippen LogP contribution in [0.1, 0.15) is 51.4 Å². The van der Waals surface area contributed by atoms with Crippen molar-refractivity contribution in [3.8, 4) is 0 Å². The predicted octanol–water partition coefficient (Wildman–Crippen LogP) is -2.63. The highest BCUT2D eigenvalue weighted by atomic mass is 16.7. The summed E-state index contributed by atoms with van der Waals surface area (Å²) in [4.78, 5) is 105. The molecule has 3 rings (SSSR count). The Labute approximate surface area is 197 Å². The molecule has 15 heteroatoms. The Morgan fingerprint density at radius 2 is 1.00 bits per heavy atom. The maximum absolute atomic E-state index is 12.6. The van der Waals surface area contributed by atoms with Crippen LogP contribution in [0.2, 0.25) is 0 Å². The van der Waals surface area contributed by atoms with Gasteiger partial charge in [0.15, 0.2) is 0 Å². The maximum Gasteiger partial charge on any atom is 0.353 e. The number of hydrogen-bond acceptors (Lipinski definition) is 12. The Morgan fingerprint density at radius 3 is 1.31 bits per heavy atom. The zero-order valence-electron chi connectivity index (χ0n) is 18.5. The Morgan fingerprint density at radius 1 is 0.686 bits per heavy atom. The van der Waals surface area contributed by atoms with E-state index in [1.807, 2.05) is 0 Å². The normalized spacial score (nSPS) is 24.1. The molecule has 2 N–H and O–H groups in total. The first-order valence-corrected chi connectivity index (χ1v) is 10.9. The van der Waals surface area contributed by atoms with Gasteiger partial charge in [-0.25, -0.2) is 19.2 Å². The zero-order chi connectivity index (χ0) is 25.9. The lowest BCUT2D eigenvalue weighted by molar-refractivity contribution is -0.775. The summed E-state index contributed by atoms with van der Waals surface area (Å²) in [6.45, 7) is -0.693. The van der Waals surface area contributed by atoms with Gasteiger partial charge < -0.3 is 19.9 Å². The fourth-order valence-electron chi connectivity index (χ4n) is 4.03. The van der Waals surface area contributed by atoms with Crippen molar-refractivity contribution in [2.45, 2.75) is 63.6 Å². The topological polar surface area (TPSA) is 202 Å². The van der Waals surface area contributed by atoms with Gasteiger partial charge in [-0.1, -0.05) is 0 Å². The van der Waals surface area contributed by atoms with E-state index < -0.39 is 76.9 Å². The quantitative estimate of drug-likeness (QED) is 0.235. The van der Waals surface area contributed by atoms with Gasteiger partial charge in [-0.15, -0.1) is 10.1 Å². The van der Waals surface area contributed by atoms with Gasteiger partial charge in [0, 0.05) is 38.5 Å². The summed E-state index contributed by atoms with van der Waals surface area (Å²) in [6, 6.07) is 0. The molecule has 3 heterocycles. The highest BCUT2D eigenvalue weighted by Gasteiger charge is 2.60. The Hall–Kier alpha value is -3.56. The smallest absolute Gasteiger partial charge is 0.353 e. The highest BCUT2D eigenvalue weighted by molar-refractivity contribution is 6.02. The summed E-state index contributed by atoms with van der Waals surface area (Å²) in [5.41, 5.74) is 0. The minimum absolute atomic E-state index is 0.0899. The van der Waals surface area contributed by atoms with Crippen LogP contribution in [0.4, 0.5) is 0 Å². The number of amides is 6. The molecule has 15 nitrogen and oxygen atoms in total. The third-order valence-corrected chi connectivity index (χ3v) is 5.89. The van der Waals surface area contributed by atoms with E-state index in [1.54, 1.807) is 0 Å². The molecule has 3 saturated heterocycles. The van der Waals surface area contributed by atoms with E-state index >= 15 is 0 Å². The molecule has 0 spiro atoms. The second-order valence-electron chi connectivity index (χ2n) is 8.28.